The fourth-order valence-corrected chi connectivity index (χ4v) is 3.06. The fraction of sp³-hybridized carbons (Fsp3) is 0.562. The predicted molar refractivity (Wildman–Crippen MR) is 77.5 cm³/mol. The van der Waals surface area contributed by atoms with Gasteiger partial charge in [0, 0.05) is 5.56 Å². The minimum absolute atomic E-state index is 0.135. The summed E-state index contributed by atoms with van der Waals surface area (Å²) in [5.74, 6) is -0.950. The molecule has 0 heterocycles. The van der Waals surface area contributed by atoms with Gasteiger partial charge >= 0.3 is 0 Å². The molecule has 1 amide bonds. The zero-order valence-corrected chi connectivity index (χ0v) is 12.5. The van der Waals surface area contributed by atoms with Crippen molar-refractivity contribution in [1.82, 2.24) is 5.32 Å². The standard InChI is InChI=1S/C16H22F2N2O/c1-10-4-3-7-16(19,9-10)15(21)20-11(2)13-8-12(17)5-6-14(13)18/h5-6,8,10-11H,3-4,7,9,19H2,1-2H3,(H,20,21). The Labute approximate surface area is 123 Å². The van der Waals surface area contributed by atoms with E-state index in [0.29, 0.717) is 18.8 Å². The summed E-state index contributed by atoms with van der Waals surface area (Å²) in [5, 5.41) is 2.72. The molecular weight excluding hydrogens is 274 g/mol. The molecule has 1 aliphatic rings. The summed E-state index contributed by atoms with van der Waals surface area (Å²) in [4.78, 5) is 12.4. The minimum atomic E-state index is -0.907. The number of hydrogen-bond donors (Lipinski definition) is 2. The number of nitrogens with two attached hydrogens (primary N) is 1. The van der Waals surface area contributed by atoms with Gasteiger partial charge in [-0.3, -0.25) is 4.79 Å². The molecule has 1 aromatic carbocycles. The van der Waals surface area contributed by atoms with Crippen LogP contribution in [0, 0.1) is 17.6 Å². The first kappa shape index (κ1) is 15.9. The number of carbonyl (C=O) groups excluding carboxylic acids is 1. The van der Waals surface area contributed by atoms with Gasteiger partial charge in [0.25, 0.3) is 0 Å². The molecule has 116 valence electrons. The first-order chi connectivity index (χ1) is 9.82. The van der Waals surface area contributed by atoms with Crippen molar-refractivity contribution in [2.24, 2.45) is 11.7 Å². The number of rotatable bonds is 3. The molecule has 0 aromatic heterocycles. The van der Waals surface area contributed by atoms with Crippen LogP contribution in [0.25, 0.3) is 0 Å². The minimum Gasteiger partial charge on any atom is -0.348 e. The maximum absolute atomic E-state index is 13.7. The average Bonchev–Trinajstić information content (AvgIpc) is 2.41. The van der Waals surface area contributed by atoms with Crippen molar-refractivity contribution in [3.8, 4) is 0 Å². The first-order valence-electron chi connectivity index (χ1n) is 7.36. The van der Waals surface area contributed by atoms with Gasteiger partial charge in [-0.1, -0.05) is 19.8 Å². The molecule has 21 heavy (non-hydrogen) atoms. The molecular formula is C16H22F2N2O. The Morgan fingerprint density at radius 3 is 2.86 bits per heavy atom. The Balaban J connectivity index is 2.10. The predicted octanol–water partition coefficient (Wildman–Crippen LogP) is 3.05. The van der Waals surface area contributed by atoms with Crippen LogP contribution in [0.15, 0.2) is 18.2 Å². The van der Waals surface area contributed by atoms with Gasteiger partial charge in [0.05, 0.1) is 11.6 Å². The summed E-state index contributed by atoms with van der Waals surface area (Å²) in [6.07, 6.45) is 3.23. The van der Waals surface area contributed by atoms with Crippen LogP contribution >= 0.6 is 0 Å². The molecule has 3 unspecified atom stereocenters. The Hall–Kier alpha value is -1.49. The van der Waals surface area contributed by atoms with E-state index in [2.05, 4.69) is 12.2 Å². The van der Waals surface area contributed by atoms with Crippen LogP contribution in [0.3, 0.4) is 0 Å². The number of nitrogens with one attached hydrogen (secondary N) is 1. The summed E-state index contributed by atoms with van der Waals surface area (Å²) in [6.45, 7) is 3.70. The maximum Gasteiger partial charge on any atom is 0.240 e. The Bertz CT molecular complexity index is 535. The third-order valence-corrected chi connectivity index (χ3v) is 4.26. The molecule has 2 rings (SSSR count). The highest BCUT2D eigenvalue weighted by Crippen LogP contribution is 2.31. The van der Waals surface area contributed by atoms with Crippen molar-refractivity contribution in [3.63, 3.8) is 0 Å². The van der Waals surface area contributed by atoms with Gasteiger partial charge < -0.3 is 11.1 Å². The van der Waals surface area contributed by atoms with Gasteiger partial charge in [-0.25, -0.2) is 8.78 Å². The monoisotopic (exact) mass is 296 g/mol. The number of amides is 1. The van der Waals surface area contributed by atoms with Gasteiger partial charge in [0.1, 0.15) is 11.6 Å². The Morgan fingerprint density at radius 2 is 2.19 bits per heavy atom. The second-order valence-electron chi connectivity index (χ2n) is 6.22. The van der Waals surface area contributed by atoms with Gasteiger partial charge in [-0.15, -0.1) is 0 Å². The smallest absolute Gasteiger partial charge is 0.240 e. The van der Waals surface area contributed by atoms with Crippen molar-refractivity contribution in [3.05, 3.63) is 35.4 Å². The van der Waals surface area contributed by atoms with Crippen LogP contribution in [0.5, 0.6) is 0 Å². The van der Waals surface area contributed by atoms with Crippen molar-refractivity contribution in [1.29, 1.82) is 0 Å². The molecule has 0 saturated heterocycles. The molecule has 0 aliphatic heterocycles. The van der Waals surface area contributed by atoms with E-state index in [1.165, 1.54) is 0 Å². The number of carbonyl (C=O) groups is 1. The van der Waals surface area contributed by atoms with E-state index in [0.717, 1.165) is 31.0 Å². The highest BCUT2D eigenvalue weighted by atomic mass is 19.1. The van der Waals surface area contributed by atoms with Crippen LogP contribution in [0.1, 0.15) is 51.1 Å². The number of benzene rings is 1. The summed E-state index contributed by atoms with van der Waals surface area (Å²) >= 11 is 0. The highest BCUT2D eigenvalue weighted by molar-refractivity contribution is 5.86. The van der Waals surface area contributed by atoms with E-state index in [-0.39, 0.29) is 11.5 Å². The largest absolute Gasteiger partial charge is 0.348 e. The normalized spacial score (nSPS) is 27.2. The number of halogens is 2. The van der Waals surface area contributed by atoms with Crippen molar-refractivity contribution in [2.75, 3.05) is 0 Å². The van der Waals surface area contributed by atoms with Gasteiger partial charge in [-0.2, -0.15) is 0 Å². The summed E-state index contributed by atoms with van der Waals surface area (Å²) < 4.78 is 26.9. The highest BCUT2D eigenvalue weighted by Gasteiger charge is 2.38. The third kappa shape index (κ3) is 3.59. The molecule has 5 heteroatoms. The molecule has 0 bridgehead atoms. The van der Waals surface area contributed by atoms with Gasteiger partial charge in [0.15, 0.2) is 0 Å². The summed E-state index contributed by atoms with van der Waals surface area (Å²) in [7, 11) is 0. The molecule has 3 nitrogen and oxygen atoms in total. The van der Waals surface area contributed by atoms with Crippen LogP contribution in [0.2, 0.25) is 0 Å². The summed E-state index contributed by atoms with van der Waals surface area (Å²) in [5.41, 5.74) is 5.44. The fourth-order valence-electron chi connectivity index (χ4n) is 3.06. The van der Waals surface area contributed by atoms with Crippen LogP contribution < -0.4 is 11.1 Å². The van der Waals surface area contributed by atoms with E-state index in [9.17, 15) is 13.6 Å². The Morgan fingerprint density at radius 1 is 1.48 bits per heavy atom. The third-order valence-electron chi connectivity index (χ3n) is 4.26. The van der Waals surface area contributed by atoms with E-state index in [1.807, 2.05) is 0 Å². The van der Waals surface area contributed by atoms with Crippen molar-refractivity contribution >= 4 is 5.91 Å². The quantitative estimate of drug-likeness (QED) is 0.900. The molecule has 0 spiro atoms. The second kappa shape index (κ2) is 6.10. The van der Waals surface area contributed by atoms with Gasteiger partial charge in [-0.05, 0) is 43.9 Å². The Kier molecular flexibility index (Phi) is 4.61. The molecule has 0 radical (unpaired) electrons. The van der Waals surface area contributed by atoms with Crippen LogP contribution in [-0.4, -0.2) is 11.4 Å². The van der Waals surface area contributed by atoms with Crippen LogP contribution in [-0.2, 0) is 4.79 Å². The van der Waals surface area contributed by atoms with Crippen LogP contribution in [0.4, 0.5) is 8.78 Å². The maximum atomic E-state index is 13.7. The lowest BCUT2D eigenvalue weighted by molar-refractivity contribution is -0.128. The molecule has 1 aromatic rings. The molecule has 1 saturated carbocycles. The van der Waals surface area contributed by atoms with Crippen molar-refractivity contribution in [2.45, 2.75) is 51.1 Å². The first-order valence-corrected chi connectivity index (χ1v) is 7.36. The van der Waals surface area contributed by atoms with Gasteiger partial charge in [0.2, 0.25) is 5.91 Å². The SMILES string of the molecule is CC1CCCC(N)(C(=O)NC(C)c2cc(F)ccc2F)C1. The molecule has 1 fully saturated rings. The molecule has 3 atom stereocenters. The zero-order chi connectivity index (χ0) is 15.6. The van der Waals surface area contributed by atoms with Crippen molar-refractivity contribution < 1.29 is 13.6 Å². The lowest BCUT2D eigenvalue weighted by atomic mass is 9.76. The lowest BCUT2D eigenvalue weighted by Crippen LogP contribution is -2.56. The number of hydrogen-bond acceptors (Lipinski definition) is 2. The van der Waals surface area contributed by atoms with E-state index >= 15 is 0 Å². The lowest BCUT2D eigenvalue weighted by Gasteiger charge is -2.36. The summed E-state index contributed by atoms with van der Waals surface area (Å²) in [6, 6.07) is 2.60. The van der Waals surface area contributed by atoms with E-state index in [4.69, 9.17) is 5.73 Å². The van der Waals surface area contributed by atoms with E-state index < -0.39 is 23.2 Å². The zero-order valence-electron chi connectivity index (χ0n) is 12.5. The second-order valence-corrected chi connectivity index (χ2v) is 6.22. The average molecular weight is 296 g/mol. The topological polar surface area (TPSA) is 55.1 Å². The molecule has 1 aliphatic carbocycles. The molecule has 3 N–H and O–H groups in total. The van der Waals surface area contributed by atoms with E-state index in [1.54, 1.807) is 6.92 Å².